The van der Waals surface area contributed by atoms with Gasteiger partial charge in [-0.3, -0.25) is 14.8 Å². The summed E-state index contributed by atoms with van der Waals surface area (Å²) in [5.41, 5.74) is 3.28. The number of carbonyl (C=O) groups excluding carboxylic acids is 1. The number of aliphatic carboxylic acids is 1. The molecule has 0 atom stereocenters. The molecule has 0 unspecified atom stereocenters. The first kappa shape index (κ1) is 12.8. The zero-order chi connectivity index (χ0) is 12.7. The predicted octanol–water partition coefficient (Wildman–Crippen LogP) is -0.400. The van der Waals surface area contributed by atoms with Gasteiger partial charge in [-0.2, -0.15) is 0 Å². The van der Waals surface area contributed by atoms with E-state index in [9.17, 15) is 9.59 Å². The van der Waals surface area contributed by atoms with E-state index in [0.29, 0.717) is 5.69 Å². The van der Waals surface area contributed by atoms with Crippen molar-refractivity contribution in [2.45, 2.75) is 13.5 Å². The summed E-state index contributed by atoms with van der Waals surface area (Å²) in [6, 6.07) is -0.645. The Labute approximate surface area is 97.0 Å². The van der Waals surface area contributed by atoms with E-state index in [2.05, 4.69) is 20.1 Å². The van der Waals surface area contributed by atoms with Gasteiger partial charge in [-0.15, -0.1) is 0 Å². The fraction of sp³-hybridized carbons (Fsp3) is 0.333. The lowest BCUT2D eigenvalue weighted by molar-refractivity contribution is -0.144. The Morgan fingerprint density at radius 1 is 1.41 bits per heavy atom. The molecule has 0 spiro atoms. The van der Waals surface area contributed by atoms with E-state index in [1.54, 1.807) is 13.1 Å². The molecular weight excluding hydrogens is 228 g/mol. The number of hydroxylamine groups is 1. The van der Waals surface area contributed by atoms with Gasteiger partial charge in [0, 0.05) is 6.20 Å². The van der Waals surface area contributed by atoms with E-state index in [1.165, 1.54) is 6.20 Å². The molecule has 1 aromatic heterocycles. The van der Waals surface area contributed by atoms with E-state index < -0.39 is 18.6 Å². The monoisotopic (exact) mass is 240 g/mol. The minimum Gasteiger partial charge on any atom is -0.479 e. The molecule has 92 valence electrons. The summed E-state index contributed by atoms with van der Waals surface area (Å²) in [7, 11) is 0. The Balaban J connectivity index is 2.23. The second kappa shape index (κ2) is 6.38. The normalized spacial score (nSPS) is 9.71. The highest BCUT2D eigenvalue weighted by atomic mass is 16.7. The summed E-state index contributed by atoms with van der Waals surface area (Å²) in [6.07, 6.45) is 3.11. The first-order valence-corrected chi connectivity index (χ1v) is 4.73. The molecule has 2 amide bonds. The van der Waals surface area contributed by atoms with Crippen molar-refractivity contribution in [2.75, 3.05) is 6.61 Å². The van der Waals surface area contributed by atoms with E-state index in [4.69, 9.17) is 5.11 Å². The van der Waals surface area contributed by atoms with Crippen LogP contribution in [-0.4, -0.2) is 33.7 Å². The second-order valence-electron chi connectivity index (χ2n) is 3.12. The standard InChI is InChI=1S/C9H12N4O4/c1-6-2-11-7(3-10-6)4-12-9(16)13-17-5-8(14)15/h2-3H,4-5H2,1H3,(H,14,15)(H2,12,13,16). The highest BCUT2D eigenvalue weighted by Gasteiger charge is 2.03. The SMILES string of the molecule is Cc1cnc(CNC(=O)NOCC(=O)O)cn1. The number of carboxylic acids is 1. The molecule has 1 aromatic rings. The van der Waals surface area contributed by atoms with Crippen molar-refractivity contribution in [3.8, 4) is 0 Å². The molecule has 8 heteroatoms. The molecule has 1 heterocycles. The maximum atomic E-state index is 11.1. The summed E-state index contributed by atoms with van der Waals surface area (Å²) >= 11 is 0. The molecule has 0 aliphatic carbocycles. The van der Waals surface area contributed by atoms with Crippen molar-refractivity contribution in [3.05, 3.63) is 23.8 Å². The summed E-state index contributed by atoms with van der Waals surface area (Å²) in [4.78, 5) is 33.5. The quantitative estimate of drug-likeness (QED) is 0.603. The number of rotatable bonds is 5. The van der Waals surface area contributed by atoms with Crippen LogP contribution in [0.1, 0.15) is 11.4 Å². The molecule has 0 saturated carbocycles. The molecule has 17 heavy (non-hydrogen) atoms. The summed E-state index contributed by atoms with van der Waals surface area (Å²) < 4.78 is 0. The predicted molar refractivity (Wildman–Crippen MR) is 55.7 cm³/mol. The van der Waals surface area contributed by atoms with Gasteiger partial charge in [0.1, 0.15) is 0 Å². The first-order valence-electron chi connectivity index (χ1n) is 4.73. The third-order valence-electron chi connectivity index (χ3n) is 1.62. The Bertz CT molecular complexity index is 392. The number of nitrogens with zero attached hydrogens (tertiary/aromatic N) is 2. The lowest BCUT2D eigenvalue weighted by Crippen LogP contribution is -2.36. The number of carbonyl (C=O) groups is 2. The van der Waals surface area contributed by atoms with Crippen LogP contribution in [0.4, 0.5) is 4.79 Å². The number of nitrogens with one attached hydrogen (secondary N) is 2. The van der Waals surface area contributed by atoms with Gasteiger partial charge < -0.3 is 10.4 Å². The third kappa shape index (κ3) is 5.42. The van der Waals surface area contributed by atoms with Gasteiger partial charge in [0.2, 0.25) is 0 Å². The van der Waals surface area contributed by atoms with Gasteiger partial charge in [-0.05, 0) is 6.92 Å². The Kier molecular flexibility index (Phi) is 4.82. The lowest BCUT2D eigenvalue weighted by atomic mass is 10.4. The van der Waals surface area contributed by atoms with Crippen molar-refractivity contribution in [3.63, 3.8) is 0 Å². The van der Waals surface area contributed by atoms with Crippen LogP contribution in [-0.2, 0) is 16.2 Å². The molecule has 0 radical (unpaired) electrons. The molecule has 0 bridgehead atoms. The molecule has 0 saturated heterocycles. The lowest BCUT2D eigenvalue weighted by Gasteiger charge is -2.05. The minimum absolute atomic E-state index is 0.176. The molecule has 3 N–H and O–H groups in total. The Morgan fingerprint density at radius 2 is 2.18 bits per heavy atom. The average molecular weight is 240 g/mol. The van der Waals surface area contributed by atoms with Crippen LogP contribution in [0.2, 0.25) is 0 Å². The van der Waals surface area contributed by atoms with E-state index in [0.717, 1.165) is 5.69 Å². The molecule has 0 aliphatic heterocycles. The van der Waals surface area contributed by atoms with Crippen molar-refractivity contribution < 1.29 is 19.5 Å². The van der Waals surface area contributed by atoms with E-state index in [-0.39, 0.29) is 6.54 Å². The van der Waals surface area contributed by atoms with E-state index in [1.807, 2.05) is 5.48 Å². The number of hydrogen-bond acceptors (Lipinski definition) is 5. The molecule has 1 rings (SSSR count). The van der Waals surface area contributed by atoms with Crippen LogP contribution in [0.5, 0.6) is 0 Å². The van der Waals surface area contributed by atoms with Gasteiger partial charge >= 0.3 is 12.0 Å². The fourth-order valence-electron chi connectivity index (χ4n) is 0.881. The molecule has 0 fully saturated rings. The van der Waals surface area contributed by atoms with Gasteiger partial charge in [0.15, 0.2) is 6.61 Å². The average Bonchev–Trinajstić information content (AvgIpc) is 2.28. The van der Waals surface area contributed by atoms with Crippen molar-refractivity contribution in [1.29, 1.82) is 0 Å². The largest absolute Gasteiger partial charge is 0.479 e. The van der Waals surface area contributed by atoms with Gasteiger partial charge in [0.25, 0.3) is 0 Å². The van der Waals surface area contributed by atoms with Crippen molar-refractivity contribution in [1.82, 2.24) is 20.8 Å². The highest BCUT2D eigenvalue weighted by Crippen LogP contribution is 1.92. The number of amides is 2. The second-order valence-corrected chi connectivity index (χ2v) is 3.12. The Morgan fingerprint density at radius 3 is 2.76 bits per heavy atom. The molecular formula is C9H12N4O4. The summed E-state index contributed by atoms with van der Waals surface area (Å²) in [5.74, 6) is -1.17. The molecule has 8 nitrogen and oxygen atoms in total. The fourth-order valence-corrected chi connectivity index (χ4v) is 0.881. The zero-order valence-electron chi connectivity index (χ0n) is 9.14. The third-order valence-corrected chi connectivity index (χ3v) is 1.62. The van der Waals surface area contributed by atoms with Crippen LogP contribution >= 0.6 is 0 Å². The van der Waals surface area contributed by atoms with Crippen molar-refractivity contribution >= 4 is 12.0 Å². The van der Waals surface area contributed by atoms with Crippen LogP contribution in [0.15, 0.2) is 12.4 Å². The summed E-state index contributed by atoms with van der Waals surface area (Å²) in [5, 5.41) is 10.7. The Hall–Kier alpha value is -2.22. The van der Waals surface area contributed by atoms with Crippen LogP contribution < -0.4 is 10.8 Å². The number of aromatic nitrogens is 2. The number of urea groups is 1. The van der Waals surface area contributed by atoms with Gasteiger partial charge in [-0.1, -0.05) is 0 Å². The number of hydrogen-bond donors (Lipinski definition) is 3. The highest BCUT2D eigenvalue weighted by molar-refractivity contribution is 5.73. The maximum absolute atomic E-state index is 11.1. The maximum Gasteiger partial charge on any atom is 0.339 e. The van der Waals surface area contributed by atoms with Gasteiger partial charge in [-0.25, -0.2) is 15.1 Å². The number of aryl methyl sites for hydroxylation is 1. The smallest absolute Gasteiger partial charge is 0.339 e. The minimum atomic E-state index is -1.17. The topological polar surface area (TPSA) is 113 Å². The number of carboxylic acid groups (broad SMARTS) is 1. The van der Waals surface area contributed by atoms with E-state index >= 15 is 0 Å². The van der Waals surface area contributed by atoms with Crippen LogP contribution in [0.25, 0.3) is 0 Å². The molecule has 0 aliphatic rings. The van der Waals surface area contributed by atoms with Crippen LogP contribution in [0.3, 0.4) is 0 Å². The molecule has 0 aromatic carbocycles. The summed E-state index contributed by atoms with van der Waals surface area (Å²) in [6.45, 7) is 1.38. The van der Waals surface area contributed by atoms with Crippen LogP contribution in [0, 0.1) is 6.92 Å². The first-order chi connectivity index (χ1) is 8.08. The van der Waals surface area contributed by atoms with Crippen molar-refractivity contribution in [2.24, 2.45) is 0 Å². The van der Waals surface area contributed by atoms with Gasteiger partial charge in [0.05, 0.1) is 24.1 Å². The zero-order valence-corrected chi connectivity index (χ0v) is 9.14.